The van der Waals surface area contributed by atoms with Crippen molar-refractivity contribution in [2.75, 3.05) is 0 Å². The van der Waals surface area contributed by atoms with Crippen LogP contribution in [0.2, 0.25) is 0 Å². The molecule has 0 N–H and O–H groups in total. The van der Waals surface area contributed by atoms with Crippen molar-refractivity contribution in [3.63, 3.8) is 0 Å². The first kappa shape index (κ1) is 11.5. The van der Waals surface area contributed by atoms with Crippen LogP contribution in [0, 0.1) is 13.8 Å². The lowest BCUT2D eigenvalue weighted by Gasteiger charge is -2.07. The number of aryl methyl sites for hydroxylation is 2. The van der Waals surface area contributed by atoms with Crippen LogP contribution in [0.25, 0.3) is 5.69 Å². The van der Waals surface area contributed by atoms with Gasteiger partial charge < -0.3 is 0 Å². The highest BCUT2D eigenvalue weighted by Crippen LogP contribution is 2.16. The van der Waals surface area contributed by atoms with Crippen molar-refractivity contribution < 1.29 is 4.79 Å². The van der Waals surface area contributed by atoms with Crippen LogP contribution in [0.1, 0.15) is 34.2 Å². The van der Waals surface area contributed by atoms with Crippen LogP contribution in [0.3, 0.4) is 0 Å². The molecule has 88 valence electrons. The second-order valence-corrected chi connectivity index (χ2v) is 4.07. The summed E-state index contributed by atoms with van der Waals surface area (Å²) in [6.07, 6.45) is 1.48. The zero-order chi connectivity index (χ0) is 12.4. The topological polar surface area (TPSA) is 47.8 Å². The maximum Gasteiger partial charge on any atom is 0.172 e. The van der Waals surface area contributed by atoms with Gasteiger partial charge in [0.15, 0.2) is 6.29 Å². The maximum atomic E-state index is 10.8. The summed E-state index contributed by atoms with van der Waals surface area (Å²) in [5.74, 6) is 0. The summed E-state index contributed by atoms with van der Waals surface area (Å²) < 4.78 is 1.73. The summed E-state index contributed by atoms with van der Waals surface area (Å²) >= 11 is 0. The van der Waals surface area contributed by atoms with E-state index < -0.39 is 0 Å². The largest absolute Gasteiger partial charge is 0.296 e. The molecule has 0 aliphatic heterocycles. The van der Waals surface area contributed by atoms with E-state index in [1.807, 2.05) is 19.1 Å². The molecule has 0 radical (unpaired) electrons. The first-order valence-electron chi connectivity index (χ1n) is 5.64. The predicted octanol–water partition coefficient (Wildman–Crippen LogP) is 2.26. The van der Waals surface area contributed by atoms with Gasteiger partial charge in [-0.05, 0) is 43.5 Å². The molecule has 4 heteroatoms. The molecular weight excluding hydrogens is 214 g/mol. The summed E-state index contributed by atoms with van der Waals surface area (Å²) in [6.45, 7) is 6.11. The first-order valence-corrected chi connectivity index (χ1v) is 5.64. The number of hydrogen-bond acceptors (Lipinski definition) is 3. The fourth-order valence-corrected chi connectivity index (χ4v) is 1.80. The number of carbonyl (C=O) groups excluding carboxylic acids is 1. The van der Waals surface area contributed by atoms with E-state index >= 15 is 0 Å². The van der Waals surface area contributed by atoms with E-state index in [1.165, 1.54) is 11.1 Å². The fraction of sp³-hybridized carbons (Fsp3) is 0.308. The first-order chi connectivity index (χ1) is 8.17. The highest BCUT2D eigenvalue weighted by Gasteiger charge is 2.11. The Kier molecular flexibility index (Phi) is 3.04. The molecule has 1 aromatic carbocycles. The molecule has 2 aromatic rings. The number of rotatable bonds is 3. The highest BCUT2D eigenvalue weighted by atomic mass is 16.1. The van der Waals surface area contributed by atoms with E-state index in [0.717, 1.165) is 24.1 Å². The predicted molar refractivity (Wildman–Crippen MR) is 65.6 cm³/mol. The van der Waals surface area contributed by atoms with Gasteiger partial charge in [-0.25, -0.2) is 4.68 Å². The van der Waals surface area contributed by atoms with Gasteiger partial charge in [0.25, 0.3) is 0 Å². The second kappa shape index (κ2) is 4.49. The van der Waals surface area contributed by atoms with Crippen LogP contribution >= 0.6 is 0 Å². The van der Waals surface area contributed by atoms with Crippen molar-refractivity contribution in [3.8, 4) is 5.69 Å². The average molecular weight is 229 g/mol. The van der Waals surface area contributed by atoms with Gasteiger partial charge in [-0.2, -0.15) is 0 Å². The van der Waals surface area contributed by atoms with Crippen molar-refractivity contribution in [1.82, 2.24) is 15.0 Å². The van der Waals surface area contributed by atoms with Gasteiger partial charge in [0.1, 0.15) is 5.69 Å². The summed E-state index contributed by atoms with van der Waals surface area (Å²) in [7, 11) is 0. The van der Waals surface area contributed by atoms with Gasteiger partial charge in [0.05, 0.1) is 11.4 Å². The maximum absolute atomic E-state index is 10.8. The van der Waals surface area contributed by atoms with E-state index in [4.69, 9.17) is 0 Å². The summed E-state index contributed by atoms with van der Waals surface area (Å²) in [5, 5.41) is 7.91. The SMILES string of the molecule is CCc1c(C=O)nnn1-c1ccc(C)c(C)c1. The van der Waals surface area contributed by atoms with E-state index in [9.17, 15) is 4.79 Å². The van der Waals surface area contributed by atoms with Gasteiger partial charge >= 0.3 is 0 Å². The molecule has 0 aliphatic rings. The zero-order valence-corrected chi connectivity index (χ0v) is 10.3. The molecule has 0 fully saturated rings. The number of nitrogens with zero attached hydrogens (tertiary/aromatic N) is 3. The number of aldehydes is 1. The molecule has 1 aromatic heterocycles. The van der Waals surface area contributed by atoms with Gasteiger partial charge in [0.2, 0.25) is 0 Å². The third kappa shape index (κ3) is 1.98. The van der Waals surface area contributed by atoms with Crippen molar-refractivity contribution in [1.29, 1.82) is 0 Å². The molecule has 0 atom stereocenters. The van der Waals surface area contributed by atoms with Crippen molar-refractivity contribution in [2.24, 2.45) is 0 Å². The Balaban J connectivity index is 2.56. The number of carbonyl (C=O) groups is 1. The molecule has 0 spiro atoms. The van der Waals surface area contributed by atoms with E-state index in [2.05, 4.69) is 30.2 Å². The van der Waals surface area contributed by atoms with Crippen LogP contribution < -0.4 is 0 Å². The molecular formula is C13H15N3O. The quantitative estimate of drug-likeness (QED) is 0.758. The minimum absolute atomic E-state index is 0.422. The Morgan fingerprint density at radius 3 is 2.65 bits per heavy atom. The third-order valence-corrected chi connectivity index (χ3v) is 2.97. The summed E-state index contributed by atoms with van der Waals surface area (Å²) in [6, 6.07) is 6.09. The molecule has 0 bridgehead atoms. The summed E-state index contributed by atoms with van der Waals surface area (Å²) in [4.78, 5) is 10.8. The lowest BCUT2D eigenvalue weighted by atomic mass is 10.1. The zero-order valence-electron chi connectivity index (χ0n) is 10.3. The van der Waals surface area contributed by atoms with Crippen LogP contribution in [-0.2, 0) is 6.42 Å². The normalized spacial score (nSPS) is 10.5. The second-order valence-electron chi connectivity index (χ2n) is 4.07. The lowest BCUT2D eigenvalue weighted by Crippen LogP contribution is -2.03. The molecule has 4 nitrogen and oxygen atoms in total. The van der Waals surface area contributed by atoms with E-state index in [0.29, 0.717) is 5.69 Å². The van der Waals surface area contributed by atoms with Crippen LogP contribution in [0.5, 0.6) is 0 Å². The average Bonchev–Trinajstić information content (AvgIpc) is 2.75. The number of aromatic nitrogens is 3. The molecule has 0 unspecified atom stereocenters. The fourth-order valence-electron chi connectivity index (χ4n) is 1.80. The Labute approximate surface area is 100 Å². The smallest absolute Gasteiger partial charge is 0.172 e. The van der Waals surface area contributed by atoms with Gasteiger partial charge in [-0.15, -0.1) is 5.10 Å². The van der Waals surface area contributed by atoms with Crippen molar-refractivity contribution in [3.05, 3.63) is 40.7 Å². The molecule has 0 saturated heterocycles. The Morgan fingerprint density at radius 1 is 1.29 bits per heavy atom. The van der Waals surface area contributed by atoms with Crippen molar-refractivity contribution in [2.45, 2.75) is 27.2 Å². The molecule has 0 saturated carbocycles. The minimum Gasteiger partial charge on any atom is -0.296 e. The minimum atomic E-state index is 0.422. The van der Waals surface area contributed by atoms with E-state index in [-0.39, 0.29) is 0 Å². The summed E-state index contributed by atoms with van der Waals surface area (Å²) in [5.41, 5.74) is 4.66. The Bertz CT molecular complexity index is 558. The van der Waals surface area contributed by atoms with Crippen LogP contribution in [0.15, 0.2) is 18.2 Å². The molecule has 2 rings (SSSR count). The third-order valence-electron chi connectivity index (χ3n) is 2.97. The molecule has 1 heterocycles. The molecule has 17 heavy (non-hydrogen) atoms. The van der Waals surface area contributed by atoms with Gasteiger partial charge in [0, 0.05) is 0 Å². The van der Waals surface area contributed by atoms with Gasteiger partial charge in [-0.3, -0.25) is 4.79 Å². The number of benzene rings is 1. The number of hydrogen-bond donors (Lipinski definition) is 0. The van der Waals surface area contributed by atoms with Gasteiger partial charge in [-0.1, -0.05) is 18.2 Å². The monoisotopic (exact) mass is 229 g/mol. The van der Waals surface area contributed by atoms with Crippen LogP contribution in [0.4, 0.5) is 0 Å². The van der Waals surface area contributed by atoms with E-state index in [1.54, 1.807) is 4.68 Å². The highest BCUT2D eigenvalue weighted by molar-refractivity contribution is 5.73. The standard InChI is InChI=1S/C13H15N3O/c1-4-13-12(8-17)14-15-16(13)11-6-5-9(2)10(3)7-11/h5-8H,4H2,1-3H3. The molecule has 0 aliphatic carbocycles. The van der Waals surface area contributed by atoms with Crippen LogP contribution in [-0.4, -0.2) is 21.3 Å². The van der Waals surface area contributed by atoms with Crippen molar-refractivity contribution >= 4 is 6.29 Å². The Hall–Kier alpha value is -1.97. The molecule has 0 amide bonds. The Morgan fingerprint density at radius 2 is 2.06 bits per heavy atom. The lowest BCUT2D eigenvalue weighted by molar-refractivity contribution is 0.111.